The van der Waals surface area contributed by atoms with Crippen LogP contribution < -0.4 is 0 Å². The molecular weight excluding hydrogens is 716 g/mol. The summed E-state index contributed by atoms with van der Waals surface area (Å²) >= 11 is 4.62. The van der Waals surface area contributed by atoms with Crippen molar-refractivity contribution < 1.29 is 0 Å². The molecule has 5 aromatic heterocycles. The number of hydrogen-bond acceptors (Lipinski definition) is 6. The van der Waals surface area contributed by atoms with Crippen molar-refractivity contribution in [3.63, 3.8) is 0 Å². The Labute approximate surface area is 291 Å². The van der Waals surface area contributed by atoms with Gasteiger partial charge in [0.05, 0.1) is 0 Å². The Bertz CT molecular complexity index is 2800. The molecule has 1 aliphatic rings. The molecule has 0 saturated heterocycles. The molecule has 1 aliphatic heterocycles. The number of thiophene rings is 2. The summed E-state index contributed by atoms with van der Waals surface area (Å²) in [5.74, 6) is 0. The van der Waals surface area contributed by atoms with Crippen LogP contribution in [0, 0.1) is 0 Å². The molecule has 0 radical (unpaired) electrons. The van der Waals surface area contributed by atoms with Gasteiger partial charge in [0.2, 0.25) is 0 Å². The Morgan fingerprint density at radius 1 is 0.479 bits per heavy atom. The summed E-state index contributed by atoms with van der Waals surface area (Å²) in [5, 5.41) is 4.95. The Morgan fingerprint density at radius 2 is 0.917 bits per heavy atom. The van der Waals surface area contributed by atoms with Gasteiger partial charge in [-0.3, -0.25) is 0 Å². The summed E-state index contributed by atoms with van der Waals surface area (Å²) in [7, 11) is 0. The van der Waals surface area contributed by atoms with Crippen molar-refractivity contribution in [2.75, 3.05) is 0 Å². The zero-order valence-electron chi connectivity index (χ0n) is 24.9. The van der Waals surface area contributed by atoms with Crippen molar-refractivity contribution in [1.82, 2.24) is 17.1 Å². The van der Waals surface area contributed by atoms with Crippen LogP contribution in [-0.2, 0) is 11.4 Å². The maximum absolute atomic E-state index is 5.08. The Hall–Kier alpha value is -4.96. The van der Waals surface area contributed by atoms with Gasteiger partial charge in [-0.05, 0) is 0 Å². The van der Waals surface area contributed by atoms with E-state index in [2.05, 4.69) is 130 Å². The summed E-state index contributed by atoms with van der Waals surface area (Å²) in [6, 6.07) is 43.2. The third kappa shape index (κ3) is 3.72. The molecule has 0 N–H and O–H groups in total. The Morgan fingerprint density at radius 3 is 1.40 bits per heavy atom. The molecule has 0 unspecified atom stereocenters. The molecule has 6 heterocycles. The van der Waals surface area contributed by atoms with Crippen LogP contribution in [0.1, 0.15) is 0 Å². The predicted molar refractivity (Wildman–Crippen MR) is 203 cm³/mol. The number of rotatable bonds is 4. The fraction of sp³-hybridized carbons (Fsp3) is 0. The molecule has 0 atom stereocenters. The molecule has 0 saturated carbocycles. The number of nitrogens with zero attached hydrogens (tertiary/aromatic N) is 6. The minimum atomic E-state index is -0.237. The van der Waals surface area contributed by atoms with Gasteiger partial charge in [-0.15, -0.1) is 0 Å². The molecule has 0 bridgehead atoms. The van der Waals surface area contributed by atoms with Crippen molar-refractivity contribution in [3.05, 3.63) is 121 Å². The maximum atomic E-state index is 5.08. The standard InChI is InChI=1S/C38H20N6S3Se/c1-3-11-21(12-4-1)43-27-17-9-7-15-23(27)25-19-29(45-37(25)43)31-33-34(40-47-39-33)32(36-35(31)41-48-42-36)30-20-26-24-16-8-10-18-28(24)44(38(26)46-30)22-13-5-2-6-14-22/h1-20H. The first-order valence-corrected chi connectivity index (χ1v) is 19.3. The van der Waals surface area contributed by atoms with Crippen LogP contribution in [0.2, 0.25) is 0 Å². The van der Waals surface area contributed by atoms with Crippen molar-refractivity contribution in [2.24, 2.45) is 8.73 Å². The van der Waals surface area contributed by atoms with Crippen LogP contribution in [-0.4, -0.2) is 32.1 Å². The Kier molecular flexibility index (Phi) is 5.78. The average molecular weight is 736 g/mol. The van der Waals surface area contributed by atoms with E-state index in [1.807, 2.05) is 0 Å². The average Bonchev–Trinajstić information content (AvgIpc) is 3.98. The number of hydrogen-bond donors (Lipinski definition) is 0. The van der Waals surface area contributed by atoms with Crippen LogP contribution in [0.25, 0.3) is 85.5 Å². The fourth-order valence-corrected chi connectivity index (χ4v) is 11.4. The molecule has 0 aliphatic carbocycles. The number of fused-ring (bicyclic) bond motifs is 8. The second-order valence-corrected chi connectivity index (χ2v) is 15.4. The summed E-state index contributed by atoms with van der Waals surface area (Å²) in [4.78, 5) is 4.71. The zero-order valence-corrected chi connectivity index (χ0v) is 29.0. The van der Waals surface area contributed by atoms with Crippen LogP contribution in [0.15, 0.2) is 130 Å². The van der Waals surface area contributed by atoms with E-state index in [4.69, 9.17) is 16.7 Å². The molecule has 0 fully saturated rings. The first kappa shape index (κ1) is 27.0. The molecule has 5 aromatic carbocycles. The molecule has 226 valence electrons. The van der Waals surface area contributed by atoms with Gasteiger partial charge < -0.3 is 0 Å². The third-order valence-electron chi connectivity index (χ3n) is 9.15. The second kappa shape index (κ2) is 10.3. The zero-order chi connectivity index (χ0) is 31.3. The van der Waals surface area contributed by atoms with Crippen LogP contribution in [0.4, 0.5) is 11.4 Å². The molecular formula is C38H20N6S3Se. The summed E-state index contributed by atoms with van der Waals surface area (Å²) in [6.07, 6.45) is 0. The van der Waals surface area contributed by atoms with Gasteiger partial charge in [0.15, 0.2) is 0 Å². The summed E-state index contributed by atoms with van der Waals surface area (Å²) in [5.41, 5.74) is 10.5. The van der Waals surface area contributed by atoms with Crippen molar-refractivity contribution in [1.29, 1.82) is 0 Å². The van der Waals surface area contributed by atoms with Crippen molar-refractivity contribution in [2.45, 2.75) is 0 Å². The molecule has 11 rings (SSSR count). The van der Waals surface area contributed by atoms with Gasteiger partial charge in [-0.25, -0.2) is 0 Å². The van der Waals surface area contributed by atoms with E-state index < -0.39 is 0 Å². The van der Waals surface area contributed by atoms with Crippen molar-refractivity contribution >= 4 is 114 Å². The van der Waals surface area contributed by atoms with E-state index in [0.29, 0.717) is 0 Å². The number of benzene rings is 5. The molecule has 48 heavy (non-hydrogen) atoms. The minimum absolute atomic E-state index is 0.237. The summed E-state index contributed by atoms with van der Waals surface area (Å²) < 4.78 is 24.8. The molecule has 0 amide bonds. The van der Waals surface area contributed by atoms with E-state index in [0.717, 1.165) is 54.7 Å². The first-order valence-electron chi connectivity index (χ1n) is 15.4. The number of aromatic nitrogens is 4. The van der Waals surface area contributed by atoms with Crippen LogP contribution in [0.5, 0.6) is 0 Å². The molecule has 10 aromatic rings. The monoisotopic (exact) mass is 736 g/mol. The second-order valence-electron chi connectivity index (χ2n) is 11.7. The van der Waals surface area contributed by atoms with Gasteiger partial charge in [0.25, 0.3) is 0 Å². The van der Waals surface area contributed by atoms with Crippen molar-refractivity contribution in [3.8, 4) is 32.3 Å². The summed E-state index contributed by atoms with van der Waals surface area (Å²) in [6.45, 7) is 0. The fourth-order valence-electron chi connectivity index (χ4n) is 7.13. The van der Waals surface area contributed by atoms with Gasteiger partial charge in [-0.1, -0.05) is 0 Å². The van der Waals surface area contributed by atoms with Gasteiger partial charge in [-0.2, -0.15) is 0 Å². The SMILES string of the molecule is c1ccc(-n2c3ccccc3c3cc(-c4c5c(c(-c6cc7c8ccccc8n(-c8ccccc8)c7s6)c6n[se]nc46)N=S=N5)sc32)cc1. The normalized spacial score (nSPS) is 12.7. The third-order valence-corrected chi connectivity index (χ3v) is 13.1. The van der Waals surface area contributed by atoms with E-state index in [-0.39, 0.29) is 15.0 Å². The van der Waals surface area contributed by atoms with Gasteiger partial charge >= 0.3 is 293 Å². The quantitative estimate of drug-likeness (QED) is 0.169. The van der Waals surface area contributed by atoms with E-state index in [1.165, 1.54) is 53.6 Å². The van der Waals surface area contributed by atoms with E-state index >= 15 is 0 Å². The topological polar surface area (TPSA) is 60.4 Å². The van der Waals surface area contributed by atoms with Crippen LogP contribution >= 0.6 is 22.7 Å². The van der Waals surface area contributed by atoms with Crippen LogP contribution in [0.3, 0.4) is 0 Å². The molecule has 0 spiro atoms. The van der Waals surface area contributed by atoms with Gasteiger partial charge in [0.1, 0.15) is 0 Å². The number of para-hydroxylation sites is 4. The Balaban J connectivity index is 1.17. The molecule has 6 nitrogen and oxygen atoms in total. The van der Waals surface area contributed by atoms with E-state index in [9.17, 15) is 0 Å². The molecule has 10 heteroatoms. The first-order chi connectivity index (χ1) is 23.8. The predicted octanol–water partition coefficient (Wildman–Crippen LogP) is 11.1. The van der Waals surface area contributed by atoms with E-state index in [1.54, 1.807) is 22.7 Å². The van der Waals surface area contributed by atoms with Gasteiger partial charge in [0, 0.05) is 0 Å².